The van der Waals surface area contributed by atoms with Gasteiger partial charge in [0.15, 0.2) is 0 Å². The summed E-state index contributed by atoms with van der Waals surface area (Å²) in [6.45, 7) is 5.82. The van der Waals surface area contributed by atoms with Gasteiger partial charge in [-0.15, -0.1) is 5.92 Å². The molecule has 2 unspecified atom stereocenters. The van der Waals surface area contributed by atoms with E-state index in [2.05, 4.69) is 37.6 Å². The van der Waals surface area contributed by atoms with E-state index < -0.39 is 0 Å². The number of likely N-dealkylation sites (tertiary alicyclic amines) is 1. The highest BCUT2D eigenvalue weighted by atomic mass is 15.2. The van der Waals surface area contributed by atoms with E-state index in [0.29, 0.717) is 5.41 Å². The molecule has 1 nitrogen and oxygen atoms in total. The molecule has 0 saturated carbocycles. The Morgan fingerprint density at radius 1 is 1.50 bits per heavy atom. The minimum absolute atomic E-state index is 0.406. The number of hydrogen-bond acceptors (Lipinski definition) is 1. The zero-order valence-electron chi connectivity index (χ0n) is 8.22. The van der Waals surface area contributed by atoms with Crippen LogP contribution in [-0.4, -0.2) is 24.5 Å². The van der Waals surface area contributed by atoms with Crippen LogP contribution in [0, 0.1) is 23.2 Å². The van der Waals surface area contributed by atoms with Crippen molar-refractivity contribution < 1.29 is 0 Å². The van der Waals surface area contributed by atoms with Gasteiger partial charge >= 0.3 is 0 Å². The van der Waals surface area contributed by atoms with E-state index in [9.17, 15) is 0 Å². The fourth-order valence-corrected chi connectivity index (χ4v) is 2.52. The first kappa shape index (κ1) is 8.13. The molecule has 1 spiro atoms. The maximum absolute atomic E-state index is 3.34. The zero-order valence-corrected chi connectivity index (χ0v) is 8.22. The summed E-state index contributed by atoms with van der Waals surface area (Å²) in [6, 6.07) is 0.764. The molecule has 12 heavy (non-hydrogen) atoms. The lowest BCUT2D eigenvalue weighted by molar-refractivity contribution is 0.248. The van der Waals surface area contributed by atoms with Crippen molar-refractivity contribution >= 4 is 0 Å². The summed E-state index contributed by atoms with van der Waals surface area (Å²) in [5.41, 5.74) is 0.406. The average molecular weight is 163 g/mol. The van der Waals surface area contributed by atoms with Crippen molar-refractivity contribution in [2.45, 2.75) is 32.7 Å². The molecule has 1 heteroatoms. The topological polar surface area (TPSA) is 3.24 Å². The molecule has 0 N–H and O–H groups in total. The third-order valence-corrected chi connectivity index (χ3v) is 3.27. The Hall–Kier alpha value is -0.480. The SMILES string of the molecule is CC(C)C1CC2(C#CC2)CN1C. The van der Waals surface area contributed by atoms with Crippen LogP contribution in [0.3, 0.4) is 0 Å². The summed E-state index contributed by atoms with van der Waals surface area (Å²) in [7, 11) is 2.24. The Morgan fingerprint density at radius 3 is 2.42 bits per heavy atom. The molecule has 0 amide bonds. The molecule has 0 aromatic rings. The maximum atomic E-state index is 3.34. The summed E-state index contributed by atoms with van der Waals surface area (Å²) in [5, 5.41) is 0. The fourth-order valence-electron chi connectivity index (χ4n) is 2.52. The van der Waals surface area contributed by atoms with Crippen LogP contribution in [0.4, 0.5) is 0 Å². The minimum atomic E-state index is 0.406. The molecular weight excluding hydrogens is 146 g/mol. The predicted molar refractivity (Wildman–Crippen MR) is 50.7 cm³/mol. The smallest absolute Gasteiger partial charge is 0.0565 e. The van der Waals surface area contributed by atoms with Gasteiger partial charge in [0.1, 0.15) is 0 Å². The highest BCUT2D eigenvalue weighted by molar-refractivity contribution is 5.28. The largest absolute Gasteiger partial charge is 0.302 e. The third-order valence-electron chi connectivity index (χ3n) is 3.27. The standard InChI is InChI=1S/C11H17N/c1-9(2)10-7-11(5-4-6-11)8-12(10)3/h9-10H,5,7-8H2,1-3H3. The second-order valence-electron chi connectivity index (χ2n) is 4.69. The Morgan fingerprint density at radius 2 is 2.17 bits per heavy atom. The lowest BCUT2D eigenvalue weighted by Crippen LogP contribution is -2.30. The summed E-state index contributed by atoms with van der Waals surface area (Å²) < 4.78 is 0. The van der Waals surface area contributed by atoms with Gasteiger partial charge in [0.2, 0.25) is 0 Å². The van der Waals surface area contributed by atoms with Crippen LogP contribution in [0.1, 0.15) is 26.7 Å². The summed E-state index contributed by atoms with van der Waals surface area (Å²) >= 11 is 0. The molecular formula is C11H17N. The molecule has 0 aromatic carbocycles. The van der Waals surface area contributed by atoms with E-state index in [1.165, 1.54) is 13.0 Å². The Bertz CT molecular complexity index is 245. The van der Waals surface area contributed by atoms with Crippen LogP contribution in [-0.2, 0) is 0 Å². The first-order chi connectivity index (χ1) is 5.63. The molecule has 2 rings (SSSR count). The van der Waals surface area contributed by atoms with Crippen LogP contribution in [0.15, 0.2) is 0 Å². The van der Waals surface area contributed by atoms with E-state index in [-0.39, 0.29) is 0 Å². The van der Waals surface area contributed by atoms with Gasteiger partial charge in [0.05, 0.1) is 5.41 Å². The first-order valence-corrected chi connectivity index (χ1v) is 4.83. The maximum Gasteiger partial charge on any atom is 0.0565 e. The monoisotopic (exact) mass is 163 g/mol. The van der Waals surface area contributed by atoms with Crippen molar-refractivity contribution in [3.8, 4) is 11.8 Å². The van der Waals surface area contributed by atoms with Gasteiger partial charge in [-0.05, 0) is 19.4 Å². The van der Waals surface area contributed by atoms with Gasteiger partial charge in [-0.3, -0.25) is 0 Å². The van der Waals surface area contributed by atoms with Gasteiger partial charge in [-0.25, -0.2) is 0 Å². The van der Waals surface area contributed by atoms with E-state index in [1.807, 2.05) is 0 Å². The number of nitrogens with zero attached hydrogens (tertiary/aromatic N) is 1. The highest BCUT2D eigenvalue weighted by Crippen LogP contribution is 2.42. The Labute approximate surface area is 75.1 Å². The second kappa shape index (κ2) is 2.50. The fraction of sp³-hybridized carbons (Fsp3) is 0.818. The van der Waals surface area contributed by atoms with Crippen molar-refractivity contribution in [1.82, 2.24) is 4.90 Å². The summed E-state index contributed by atoms with van der Waals surface area (Å²) in [4.78, 5) is 2.48. The minimum Gasteiger partial charge on any atom is -0.302 e. The molecule has 1 fully saturated rings. The third kappa shape index (κ3) is 1.06. The molecule has 2 atom stereocenters. The molecule has 0 radical (unpaired) electrons. The predicted octanol–water partition coefficient (Wildman–Crippen LogP) is 1.74. The van der Waals surface area contributed by atoms with Crippen LogP contribution in [0.5, 0.6) is 0 Å². The first-order valence-electron chi connectivity index (χ1n) is 4.83. The zero-order chi connectivity index (χ0) is 8.77. The van der Waals surface area contributed by atoms with E-state index >= 15 is 0 Å². The van der Waals surface area contributed by atoms with Crippen molar-refractivity contribution in [3.63, 3.8) is 0 Å². The molecule has 0 bridgehead atoms. The van der Waals surface area contributed by atoms with Crippen LogP contribution in [0.25, 0.3) is 0 Å². The van der Waals surface area contributed by atoms with Crippen molar-refractivity contribution in [2.75, 3.05) is 13.6 Å². The van der Waals surface area contributed by atoms with Crippen molar-refractivity contribution in [3.05, 3.63) is 0 Å². The molecule has 1 heterocycles. The molecule has 1 aliphatic carbocycles. The van der Waals surface area contributed by atoms with Crippen molar-refractivity contribution in [1.29, 1.82) is 0 Å². The Balaban J connectivity index is 2.09. The number of hydrogen-bond donors (Lipinski definition) is 0. The van der Waals surface area contributed by atoms with E-state index in [1.54, 1.807) is 0 Å². The van der Waals surface area contributed by atoms with Gasteiger partial charge in [0, 0.05) is 19.0 Å². The van der Waals surface area contributed by atoms with Crippen LogP contribution in [0.2, 0.25) is 0 Å². The quantitative estimate of drug-likeness (QED) is 0.532. The molecule has 1 saturated heterocycles. The van der Waals surface area contributed by atoms with Crippen LogP contribution >= 0.6 is 0 Å². The van der Waals surface area contributed by atoms with E-state index in [4.69, 9.17) is 0 Å². The number of rotatable bonds is 1. The van der Waals surface area contributed by atoms with Crippen LogP contribution < -0.4 is 0 Å². The lowest BCUT2D eigenvalue weighted by Gasteiger charge is -2.25. The molecule has 66 valence electrons. The Kier molecular flexibility index (Phi) is 1.70. The summed E-state index contributed by atoms with van der Waals surface area (Å²) in [5.74, 6) is 7.27. The van der Waals surface area contributed by atoms with Gasteiger partial charge in [-0.1, -0.05) is 19.8 Å². The molecule has 2 aliphatic rings. The highest BCUT2D eigenvalue weighted by Gasteiger charge is 2.44. The average Bonchev–Trinajstić information content (AvgIpc) is 2.26. The lowest BCUT2D eigenvalue weighted by atomic mass is 9.76. The summed E-state index contributed by atoms with van der Waals surface area (Å²) in [6.07, 6.45) is 2.44. The van der Waals surface area contributed by atoms with Crippen molar-refractivity contribution in [2.24, 2.45) is 11.3 Å². The molecule has 1 aliphatic heterocycles. The van der Waals surface area contributed by atoms with Gasteiger partial charge < -0.3 is 4.90 Å². The van der Waals surface area contributed by atoms with Gasteiger partial charge in [0.25, 0.3) is 0 Å². The normalized spacial score (nSPS) is 39.8. The van der Waals surface area contributed by atoms with E-state index in [0.717, 1.165) is 18.4 Å². The second-order valence-corrected chi connectivity index (χ2v) is 4.69. The molecule has 0 aromatic heterocycles. The van der Waals surface area contributed by atoms with Gasteiger partial charge in [-0.2, -0.15) is 0 Å².